The molecule has 0 bridgehead atoms. The van der Waals surface area contributed by atoms with Gasteiger partial charge in [0.15, 0.2) is 5.78 Å². The SMILES string of the molecule is C#CC(CC)(CC)NC(=O)Nc1cccc(C(C)=O)c1. The molecule has 0 aliphatic rings. The summed E-state index contributed by atoms with van der Waals surface area (Å²) < 4.78 is 0. The molecule has 106 valence electrons. The van der Waals surface area contributed by atoms with Crippen LogP contribution in [-0.2, 0) is 0 Å². The van der Waals surface area contributed by atoms with Gasteiger partial charge in [0, 0.05) is 11.3 Å². The van der Waals surface area contributed by atoms with Crippen molar-refractivity contribution in [3.05, 3.63) is 29.8 Å². The fourth-order valence-corrected chi connectivity index (χ4v) is 1.86. The number of ketones is 1. The fourth-order valence-electron chi connectivity index (χ4n) is 1.86. The summed E-state index contributed by atoms with van der Waals surface area (Å²) in [6.07, 6.45) is 6.80. The maximum absolute atomic E-state index is 12.0. The van der Waals surface area contributed by atoms with E-state index in [1.54, 1.807) is 24.3 Å². The summed E-state index contributed by atoms with van der Waals surface area (Å²) in [4.78, 5) is 23.3. The van der Waals surface area contributed by atoms with Gasteiger partial charge in [-0.05, 0) is 31.9 Å². The zero-order valence-corrected chi connectivity index (χ0v) is 12.1. The van der Waals surface area contributed by atoms with Gasteiger partial charge in [0.25, 0.3) is 0 Å². The van der Waals surface area contributed by atoms with Gasteiger partial charge in [0.1, 0.15) is 5.54 Å². The highest BCUT2D eigenvalue weighted by atomic mass is 16.2. The van der Waals surface area contributed by atoms with Crippen molar-refractivity contribution in [3.63, 3.8) is 0 Å². The topological polar surface area (TPSA) is 58.2 Å². The Morgan fingerprint density at radius 3 is 2.45 bits per heavy atom. The maximum Gasteiger partial charge on any atom is 0.320 e. The predicted octanol–water partition coefficient (Wildman–Crippen LogP) is 3.20. The second-order valence-electron chi connectivity index (χ2n) is 4.65. The number of Topliss-reactive ketones (excluding diaryl/α,β-unsaturated/α-hetero) is 1. The van der Waals surface area contributed by atoms with Crippen molar-refractivity contribution >= 4 is 17.5 Å². The molecule has 1 aromatic rings. The molecule has 0 aliphatic carbocycles. The Bertz CT molecular complexity index is 540. The lowest BCUT2D eigenvalue weighted by Crippen LogP contribution is -2.48. The molecule has 0 fully saturated rings. The molecule has 2 N–H and O–H groups in total. The van der Waals surface area contributed by atoms with Gasteiger partial charge in [-0.1, -0.05) is 31.9 Å². The number of urea groups is 1. The smallest absolute Gasteiger partial charge is 0.320 e. The van der Waals surface area contributed by atoms with Crippen molar-refractivity contribution in [2.75, 3.05) is 5.32 Å². The van der Waals surface area contributed by atoms with Crippen molar-refractivity contribution in [2.45, 2.75) is 39.2 Å². The van der Waals surface area contributed by atoms with Gasteiger partial charge in [0.05, 0.1) is 0 Å². The first-order chi connectivity index (χ1) is 9.46. The number of rotatable bonds is 5. The number of amides is 2. The van der Waals surface area contributed by atoms with Crippen LogP contribution in [0.4, 0.5) is 10.5 Å². The van der Waals surface area contributed by atoms with E-state index >= 15 is 0 Å². The number of hydrogen-bond donors (Lipinski definition) is 2. The van der Waals surface area contributed by atoms with Crippen molar-refractivity contribution in [3.8, 4) is 12.3 Å². The van der Waals surface area contributed by atoms with Crippen LogP contribution in [0.2, 0.25) is 0 Å². The highest BCUT2D eigenvalue weighted by Gasteiger charge is 2.25. The Kier molecular flexibility index (Phi) is 5.33. The molecule has 0 unspecified atom stereocenters. The van der Waals surface area contributed by atoms with Gasteiger partial charge in [-0.15, -0.1) is 6.42 Å². The quantitative estimate of drug-likeness (QED) is 0.638. The third-order valence-electron chi connectivity index (χ3n) is 3.36. The van der Waals surface area contributed by atoms with Crippen molar-refractivity contribution in [1.29, 1.82) is 0 Å². The molecule has 0 saturated heterocycles. The van der Waals surface area contributed by atoms with Crippen LogP contribution in [0.5, 0.6) is 0 Å². The lowest BCUT2D eigenvalue weighted by atomic mass is 9.94. The number of carbonyl (C=O) groups excluding carboxylic acids is 2. The van der Waals surface area contributed by atoms with Crippen LogP contribution in [0.1, 0.15) is 44.0 Å². The molecular formula is C16H20N2O2. The first-order valence-electron chi connectivity index (χ1n) is 6.64. The van der Waals surface area contributed by atoms with Crippen LogP contribution in [-0.4, -0.2) is 17.4 Å². The van der Waals surface area contributed by atoms with E-state index in [2.05, 4.69) is 16.6 Å². The Morgan fingerprint density at radius 1 is 1.30 bits per heavy atom. The molecule has 4 nitrogen and oxygen atoms in total. The Morgan fingerprint density at radius 2 is 1.95 bits per heavy atom. The van der Waals surface area contributed by atoms with Crippen LogP contribution in [0.25, 0.3) is 0 Å². The summed E-state index contributed by atoms with van der Waals surface area (Å²) >= 11 is 0. The van der Waals surface area contributed by atoms with E-state index < -0.39 is 5.54 Å². The molecule has 0 radical (unpaired) electrons. The van der Waals surface area contributed by atoms with Gasteiger partial charge in [0.2, 0.25) is 0 Å². The minimum Gasteiger partial charge on any atom is -0.322 e. The second-order valence-corrected chi connectivity index (χ2v) is 4.65. The third kappa shape index (κ3) is 3.86. The van der Waals surface area contributed by atoms with Crippen LogP contribution in [0.15, 0.2) is 24.3 Å². The second kappa shape index (κ2) is 6.76. The number of benzene rings is 1. The average molecular weight is 272 g/mol. The molecule has 4 heteroatoms. The van der Waals surface area contributed by atoms with E-state index in [4.69, 9.17) is 6.42 Å². The molecule has 20 heavy (non-hydrogen) atoms. The van der Waals surface area contributed by atoms with Crippen LogP contribution in [0.3, 0.4) is 0 Å². The van der Waals surface area contributed by atoms with Crippen molar-refractivity contribution in [2.24, 2.45) is 0 Å². The lowest BCUT2D eigenvalue weighted by molar-refractivity contribution is 0.101. The van der Waals surface area contributed by atoms with E-state index in [9.17, 15) is 9.59 Å². The molecule has 1 aromatic carbocycles. The number of terminal acetylenes is 1. The fraction of sp³-hybridized carbons (Fsp3) is 0.375. The molecular weight excluding hydrogens is 252 g/mol. The number of anilines is 1. The highest BCUT2D eigenvalue weighted by molar-refractivity contribution is 5.96. The minimum absolute atomic E-state index is 0.0471. The molecule has 1 rings (SSSR count). The van der Waals surface area contributed by atoms with Gasteiger partial charge >= 0.3 is 6.03 Å². The third-order valence-corrected chi connectivity index (χ3v) is 3.36. The summed E-state index contributed by atoms with van der Waals surface area (Å²) in [5.41, 5.74) is 0.479. The summed E-state index contributed by atoms with van der Waals surface area (Å²) in [5, 5.41) is 5.50. The number of nitrogens with one attached hydrogen (secondary N) is 2. The van der Waals surface area contributed by atoms with Gasteiger partial charge < -0.3 is 10.6 Å². The van der Waals surface area contributed by atoms with Gasteiger partial charge in [-0.3, -0.25) is 4.79 Å². The summed E-state index contributed by atoms with van der Waals surface area (Å²) in [6, 6.07) is 6.42. The van der Waals surface area contributed by atoms with E-state index in [1.165, 1.54) is 6.92 Å². The van der Waals surface area contributed by atoms with E-state index in [0.717, 1.165) is 0 Å². The molecule has 0 spiro atoms. The van der Waals surface area contributed by atoms with E-state index in [1.807, 2.05) is 13.8 Å². The minimum atomic E-state index is -0.637. The molecule has 2 amide bonds. The summed E-state index contributed by atoms with van der Waals surface area (Å²) in [6.45, 7) is 5.34. The molecule has 0 atom stereocenters. The monoisotopic (exact) mass is 272 g/mol. The Hall–Kier alpha value is -2.28. The van der Waals surface area contributed by atoms with E-state index in [0.29, 0.717) is 24.1 Å². The standard InChI is InChI=1S/C16H20N2O2/c1-5-16(6-2,7-3)18-15(20)17-14-10-8-9-13(11-14)12(4)19/h1,8-11H,6-7H2,2-4H3,(H2,17,18,20). The van der Waals surface area contributed by atoms with Crippen LogP contribution in [0, 0.1) is 12.3 Å². The average Bonchev–Trinajstić information content (AvgIpc) is 2.45. The van der Waals surface area contributed by atoms with Gasteiger partial charge in [-0.2, -0.15) is 0 Å². The largest absolute Gasteiger partial charge is 0.322 e. The lowest BCUT2D eigenvalue weighted by Gasteiger charge is -2.27. The number of carbonyl (C=O) groups is 2. The summed E-state index contributed by atoms with van der Waals surface area (Å²) in [5.74, 6) is 2.59. The zero-order valence-electron chi connectivity index (χ0n) is 12.1. The first-order valence-corrected chi connectivity index (χ1v) is 6.64. The van der Waals surface area contributed by atoms with Crippen molar-refractivity contribution < 1.29 is 9.59 Å². The van der Waals surface area contributed by atoms with Crippen LogP contribution >= 0.6 is 0 Å². The molecule has 0 heterocycles. The van der Waals surface area contributed by atoms with Crippen molar-refractivity contribution in [1.82, 2.24) is 5.32 Å². The zero-order chi connectivity index (χ0) is 15.2. The maximum atomic E-state index is 12.0. The Balaban J connectivity index is 2.79. The molecule has 0 saturated carbocycles. The Labute approximate surface area is 120 Å². The highest BCUT2D eigenvalue weighted by Crippen LogP contribution is 2.15. The van der Waals surface area contributed by atoms with Crippen LogP contribution < -0.4 is 10.6 Å². The first kappa shape index (κ1) is 15.8. The number of hydrogen-bond acceptors (Lipinski definition) is 2. The van der Waals surface area contributed by atoms with Gasteiger partial charge in [-0.25, -0.2) is 4.79 Å². The summed E-state index contributed by atoms with van der Waals surface area (Å²) in [7, 11) is 0. The molecule has 0 aromatic heterocycles. The molecule has 0 aliphatic heterocycles. The normalized spacial score (nSPS) is 10.5. The predicted molar refractivity (Wildman–Crippen MR) is 80.7 cm³/mol. The van der Waals surface area contributed by atoms with E-state index in [-0.39, 0.29) is 11.8 Å².